The zero-order chi connectivity index (χ0) is 13.9. The van der Waals surface area contributed by atoms with Crippen molar-refractivity contribution in [2.75, 3.05) is 0 Å². The number of rotatable bonds is 4. The Hall–Kier alpha value is -2.10. The third-order valence-corrected chi connectivity index (χ3v) is 2.30. The minimum absolute atomic E-state index is 0.0471. The standard InChI is InChI=1S/C14H16O4/c1-8(2)13(16)11-7-10(15)5-6-12(11)18-14(17)9(3)4/h5-8,15H,3H2,1-2,4H3. The van der Waals surface area contributed by atoms with Crippen LogP contribution in [0.3, 0.4) is 0 Å². The van der Waals surface area contributed by atoms with Gasteiger partial charge in [-0.3, -0.25) is 4.79 Å². The van der Waals surface area contributed by atoms with Gasteiger partial charge in [0, 0.05) is 11.5 Å². The molecule has 0 fully saturated rings. The van der Waals surface area contributed by atoms with Crippen LogP contribution < -0.4 is 4.74 Å². The Morgan fingerprint density at radius 1 is 1.33 bits per heavy atom. The van der Waals surface area contributed by atoms with Gasteiger partial charge in [0.25, 0.3) is 0 Å². The molecule has 1 N–H and O–H groups in total. The predicted octanol–water partition coefficient (Wildman–Crippen LogP) is 2.71. The van der Waals surface area contributed by atoms with Crippen molar-refractivity contribution in [2.45, 2.75) is 20.8 Å². The second kappa shape index (κ2) is 5.49. The second-order valence-electron chi connectivity index (χ2n) is 4.37. The first-order valence-corrected chi connectivity index (χ1v) is 5.58. The monoisotopic (exact) mass is 248 g/mol. The number of aromatic hydroxyl groups is 1. The van der Waals surface area contributed by atoms with E-state index in [0.717, 1.165) is 0 Å². The number of benzene rings is 1. The molecule has 18 heavy (non-hydrogen) atoms. The minimum Gasteiger partial charge on any atom is -0.508 e. The molecular formula is C14H16O4. The number of Topliss-reactive ketones (excluding diaryl/α,β-unsaturated/α-hetero) is 1. The van der Waals surface area contributed by atoms with E-state index in [1.165, 1.54) is 25.1 Å². The summed E-state index contributed by atoms with van der Waals surface area (Å²) in [5.74, 6) is -0.961. The molecular weight excluding hydrogens is 232 g/mol. The fourth-order valence-electron chi connectivity index (χ4n) is 1.30. The SMILES string of the molecule is C=C(C)C(=O)Oc1ccc(O)cc1C(=O)C(C)C. The maximum atomic E-state index is 11.9. The molecule has 4 heteroatoms. The molecule has 0 spiro atoms. The van der Waals surface area contributed by atoms with E-state index in [1.807, 2.05) is 0 Å². The zero-order valence-corrected chi connectivity index (χ0v) is 10.7. The van der Waals surface area contributed by atoms with Crippen molar-refractivity contribution in [3.05, 3.63) is 35.9 Å². The van der Waals surface area contributed by atoms with Crippen molar-refractivity contribution in [1.82, 2.24) is 0 Å². The molecule has 1 rings (SSSR count). The molecule has 4 nitrogen and oxygen atoms in total. The Bertz CT molecular complexity index is 501. The van der Waals surface area contributed by atoms with Crippen LogP contribution in [-0.2, 0) is 4.79 Å². The third-order valence-electron chi connectivity index (χ3n) is 2.30. The van der Waals surface area contributed by atoms with Crippen LogP contribution in [0.2, 0.25) is 0 Å². The molecule has 0 aliphatic carbocycles. The third kappa shape index (κ3) is 3.20. The van der Waals surface area contributed by atoms with Gasteiger partial charge in [-0.05, 0) is 25.1 Å². The van der Waals surface area contributed by atoms with Gasteiger partial charge in [0.05, 0.1) is 5.56 Å². The number of phenols is 1. The number of hydrogen-bond donors (Lipinski definition) is 1. The summed E-state index contributed by atoms with van der Waals surface area (Å²) >= 11 is 0. The highest BCUT2D eigenvalue weighted by atomic mass is 16.5. The maximum absolute atomic E-state index is 11.9. The molecule has 1 aromatic carbocycles. The lowest BCUT2D eigenvalue weighted by molar-refractivity contribution is -0.130. The Morgan fingerprint density at radius 3 is 2.44 bits per heavy atom. The van der Waals surface area contributed by atoms with Gasteiger partial charge < -0.3 is 9.84 Å². The van der Waals surface area contributed by atoms with Crippen LogP contribution in [0, 0.1) is 5.92 Å². The normalized spacial score (nSPS) is 10.2. The van der Waals surface area contributed by atoms with E-state index in [1.54, 1.807) is 13.8 Å². The average Bonchev–Trinajstić information content (AvgIpc) is 2.30. The fraction of sp³-hybridized carbons (Fsp3) is 0.286. The van der Waals surface area contributed by atoms with Gasteiger partial charge in [0.2, 0.25) is 0 Å². The van der Waals surface area contributed by atoms with Gasteiger partial charge in [0.1, 0.15) is 11.5 Å². The van der Waals surface area contributed by atoms with Crippen molar-refractivity contribution >= 4 is 11.8 Å². The highest BCUT2D eigenvalue weighted by Crippen LogP contribution is 2.26. The molecule has 0 aliphatic heterocycles. The fourth-order valence-corrected chi connectivity index (χ4v) is 1.30. The molecule has 1 aromatic rings. The van der Waals surface area contributed by atoms with Crippen LogP contribution in [0.1, 0.15) is 31.1 Å². The van der Waals surface area contributed by atoms with Crippen LogP contribution in [0.4, 0.5) is 0 Å². The summed E-state index contributed by atoms with van der Waals surface area (Å²) in [6, 6.07) is 4.05. The highest BCUT2D eigenvalue weighted by molar-refractivity contribution is 6.01. The summed E-state index contributed by atoms with van der Waals surface area (Å²) in [4.78, 5) is 23.4. The van der Waals surface area contributed by atoms with Crippen molar-refractivity contribution in [2.24, 2.45) is 5.92 Å². The van der Waals surface area contributed by atoms with Crippen LogP contribution in [-0.4, -0.2) is 16.9 Å². The first-order valence-electron chi connectivity index (χ1n) is 5.58. The first-order chi connectivity index (χ1) is 8.32. The Labute approximate surface area is 106 Å². The quantitative estimate of drug-likeness (QED) is 0.385. The van der Waals surface area contributed by atoms with E-state index in [4.69, 9.17) is 4.74 Å². The molecule has 0 atom stereocenters. The van der Waals surface area contributed by atoms with Gasteiger partial charge in [-0.2, -0.15) is 0 Å². The van der Waals surface area contributed by atoms with E-state index < -0.39 is 5.97 Å². The highest BCUT2D eigenvalue weighted by Gasteiger charge is 2.18. The van der Waals surface area contributed by atoms with E-state index in [0.29, 0.717) is 0 Å². The van der Waals surface area contributed by atoms with Gasteiger partial charge in [0.15, 0.2) is 5.78 Å². The van der Waals surface area contributed by atoms with Gasteiger partial charge in [-0.15, -0.1) is 0 Å². The first kappa shape index (κ1) is 14.0. The number of phenolic OH excluding ortho intramolecular Hbond substituents is 1. The molecule has 0 saturated carbocycles. The molecule has 0 radical (unpaired) electrons. The van der Waals surface area contributed by atoms with Crippen LogP contribution in [0.5, 0.6) is 11.5 Å². The summed E-state index contributed by atoms with van der Waals surface area (Å²) in [5, 5.41) is 9.40. The summed E-state index contributed by atoms with van der Waals surface area (Å²) in [5.41, 5.74) is 0.436. The number of ether oxygens (including phenoxy) is 1. The number of carbonyl (C=O) groups excluding carboxylic acids is 2. The van der Waals surface area contributed by atoms with Crippen molar-refractivity contribution in [3.8, 4) is 11.5 Å². The number of carbonyl (C=O) groups is 2. The number of hydrogen-bond acceptors (Lipinski definition) is 4. The van der Waals surface area contributed by atoms with Crippen molar-refractivity contribution < 1.29 is 19.4 Å². The van der Waals surface area contributed by atoms with Crippen LogP contribution >= 0.6 is 0 Å². The topological polar surface area (TPSA) is 63.6 Å². The zero-order valence-electron chi connectivity index (χ0n) is 10.7. The minimum atomic E-state index is -0.599. The number of ketones is 1. The molecule has 0 saturated heterocycles. The largest absolute Gasteiger partial charge is 0.508 e. The van der Waals surface area contributed by atoms with E-state index in [9.17, 15) is 14.7 Å². The molecule has 0 aliphatic rings. The van der Waals surface area contributed by atoms with Crippen molar-refractivity contribution in [1.29, 1.82) is 0 Å². The smallest absolute Gasteiger partial charge is 0.338 e. The average molecular weight is 248 g/mol. The Morgan fingerprint density at radius 2 is 1.94 bits per heavy atom. The van der Waals surface area contributed by atoms with E-state index >= 15 is 0 Å². The van der Waals surface area contributed by atoms with Gasteiger partial charge >= 0.3 is 5.97 Å². The molecule has 0 aromatic heterocycles. The van der Waals surface area contributed by atoms with Crippen LogP contribution in [0.25, 0.3) is 0 Å². The summed E-state index contributed by atoms with van der Waals surface area (Å²) < 4.78 is 5.06. The van der Waals surface area contributed by atoms with Crippen LogP contribution in [0.15, 0.2) is 30.4 Å². The molecule has 96 valence electrons. The molecule has 0 heterocycles. The lowest BCUT2D eigenvalue weighted by atomic mass is 10.00. The van der Waals surface area contributed by atoms with Gasteiger partial charge in [-0.1, -0.05) is 20.4 Å². The lowest BCUT2D eigenvalue weighted by Crippen LogP contribution is -2.14. The Balaban J connectivity index is 3.15. The van der Waals surface area contributed by atoms with Crippen molar-refractivity contribution in [3.63, 3.8) is 0 Å². The predicted molar refractivity (Wildman–Crippen MR) is 67.7 cm³/mol. The van der Waals surface area contributed by atoms with E-state index in [-0.39, 0.29) is 34.3 Å². The second-order valence-corrected chi connectivity index (χ2v) is 4.37. The van der Waals surface area contributed by atoms with Gasteiger partial charge in [-0.25, -0.2) is 4.79 Å². The molecule has 0 amide bonds. The molecule has 0 unspecified atom stereocenters. The Kier molecular flexibility index (Phi) is 4.26. The summed E-state index contributed by atoms with van der Waals surface area (Å²) in [6.45, 7) is 8.46. The summed E-state index contributed by atoms with van der Waals surface area (Å²) in [6.07, 6.45) is 0. The lowest BCUT2D eigenvalue weighted by Gasteiger charge is -2.11. The number of esters is 1. The molecule has 0 bridgehead atoms. The summed E-state index contributed by atoms with van der Waals surface area (Å²) in [7, 11) is 0. The maximum Gasteiger partial charge on any atom is 0.338 e. The van der Waals surface area contributed by atoms with E-state index in [2.05, 4.69) is 6.58 Å².